The molecule has 1 fully saturated rings. The van der Waals surface area contributed by atoms with E-state index in [0.717, 1.165) is 23.9 Å². The van der Waals surface area contributed by atoms with Gasteiger partial charge in [0.1, 0.15) is 0 Å². The molecule has 4 nitrogen and oxygen atoms in total. The lowest BCUT2D eigenvalue weighted by atomic mass is 10.2. The van der Waals surface area contributed by atoms with Crippen molar-refractivity contribution in [1.29, 1.82) is 0 Å². The Morgan fingerprint density at radius 3 is 2.68 bits per heavy atom. The van der Waals surface area contributed by atoms with Gasteiger partial charge < -0.3 is 4.42 Å². The fraction of sp³-hybridized carbons (Fsp3) is 0.571. The van der Waals surface area contributed by atoms with E-state index in [0.29, 0.717) is 5.89 Å². The van der Waals surface area contributed by atoms with E-state index in [4.69, 9.17) is 4.42 Å². The fourth-order valence-electron chi connectivity index (χ4n) is 2.54. The Morgan fingerprint density at radius 1 is 1.21 bits per heavy atom. The molecule has 0 saturated carbocycles. The van der Waals surface area contributed by atoms with Crippen molar-refractivity contribution < 1.29 is 4.42 Å². The number of likely N-dealkylation sites (tertiary alicyclic amines) is 1. The summed E-state index contributed by atoms with van der Waals surface area (Å²) in [6.07, 6.45) is 5.23. The minimum Gasteiger partial charge on any atom is -0.418 e. The molecule has 19 heavy (non-hydrogen) atoms. The molecule has 0 aromatic carbocycles. The summed E-state index contributed by atoms with van der Waals surface area (Å²) in [6.45, 7) is 4.44. The van der Waals surface area contributed by atoms with Crippen LogP contribution in [0.2, 0.25) is 0 Å². The smallest absolute Gasteiger partial charge is 0.257 e. The highest BCUT2D eigenvalue weighted by molar-refractivity contribution is 7.13. The number of aromatic nitrogens is 2. The lowest BCUT2D eigenvalue weighted by molar-refractivity contribution is 0.190. The first kappa shape index (κ1) is 12.8. The Bertz CT molecular complexity index is 501. The van der Waals surface area contributed by atoms with E-state index in [1.54, 1.807) is 11.3 Å². The van der Waals surface area contributed by atoms with Crippen LogP contribution >= 0.6 is 11.3 Å². The highest BCUT2D eigenvalue weighted by Crippen LogP contribution is 2.27. The number of thiophene rings is 1. The van der Waals surface area contributed by atoms with E-state index in [9.17, 15) is 0 Å². The second-order valence-electron chi connectivity index (χ2n) is 5.05. The molecule has 3 rings (SSSR count). The van der Waals surface area contributed by atoms with Crippen LogP contribution in [0.1, 0.15) is 44.5 Å². The number of hydrogen-bond donors (Lipinski definition) is 0. The first-order valence-corrected chi connectivity index (χ1v) is 7.84. The molecule has 102 valence electrons. The van der Waals surface area contributed by atoms with Crippen molar-refractivity contribution in [3.8, 4) is 10.8 Å². The van der Waals surface area contributed by atoms with E-state index in [-0.39, 0.29) is 6.04 Å². The van der Waals surface area contributed by atoms with Crippen LogP contribution in [0.3, 0.4) is 0 Å². The summed E-state index contributed by atoms with van der Waals surface area (Å²) in [6, 6.07) is 4.24. The Hall–Kier alpha value is -1.20. The van der Waals surface area contributed by atoms with Gasteiger partial charge in [-0.3, -0.25) is 4.90 Å². The summed E-state index contributed by atoms with van der Waals surface area (Å²) >= 11 is 1.63. The molecule has 1 saturated heterocycles. The van der Waals surface area contributed by atoms with Gasteiger partial charge in [0.15, 0.2) is 0 Å². The minimum absolute atomic E-state index is 0.222. The molecule has 0 aliphatic carbocycles. The first-order chi connectivity index (χ1) is 9.34. The van der Waals surface area contributed by atoms with Gasteiger partial charge in [0.25, 0.3) is 5.89 Å². The molecule has 1 aliphatic heterocycles. The molecule has 0 radical (unpaired) electrons. The van der Waals surface area contributed by atoms with E-state index in [1.807, 2.05) is 17.5 Å². The lowest BCUT2D eigenvalue weighted by Gasteiger charge is -2.24. The third-order valence-electron chi connectivity index (χ3n) is 3.72. The quantitative estimate of drug-likeness (QED) is 0.857. The van der Waals surface area contributed by atoms with Gasteiger partial charge >= 0.3 is 0 Å². The zero-order valence-corrected chi connectivity index (χ0v) is 12.0. The molecule has 2 aromatic rings. The van der Waals surface area contributed by atoms with Crippen molar-refractivity contribution in [1.82, 2.24) is 15.1 Å². The minimum atomic E-state index is 0.222. The predicted molar refractivity (Wildman–Crippen MR) is 76.1 cm³/mol. The monoisotopic (exact) mass is 277 g/mol. The van der Waals surface area contributed by atoms with Crippen molar-refractivity contribution in [2.75, 3.05) is 13.1 Å². The summed E-state index contributed by atoms with van der Waals surface area (Å²) in [4.78, 5) is 3.50. The fourth-order valence-corrected chi connectivity index (χ4v) is 3.19. The molecule has 2 aromatic heterocycles. The predicted octanol–water partition coefficient (Wildman–Crippen LogP) is 3.74. The Kier molecular flexibility index (Phi) is 3.94. The molecule has 0 amide bonds. The molecule has 0 N–H and O–H groups in total. The maximum atomic E-state index is 5.83. The van der Waals surface area contributed by atoms with E-state index >= 15 is 0 Å². The highest BCUT2D eigenvalue weighted by atomic mass is 32.1. The normalized spacial score (nSPS) is 19.2. The van der Waals surface area contributed by atoms with Crippen LogP contribution in [0.5, 0.6) is 0 Å². The molecule has 1 atom stereocenters. The lowest BCUT2D eigenvalue weighted by Crippen LogP contribution is -2.28. The number of hydrogen-bond acceptors (Lipinski definition) is 5. The summed E-state index contributed by atoms with van der Waals surface area (Å²) < 4.78 is 5.83. The van der Waals surface area contributed by atoms with Gasteiger partial charge in [-0.25, -0.2) is 0 Å². The van der Waals surface area contributed by atoms with Gasteiger partial charge in [0.2, 0.25) is 5.89 Å². The first-order valence-electron chi connectivity index (χ1n) is 6.96. The maximum absolute atomic E-state index is 5.83. The summed E-state index contributed by atoms with van der Waals surface area (Å²) in [5, 5.41) is 10.4. The van der Waals surface area contributed by atoms with Crippen LogP contribution in [-0.2, 0) is 0 Å². The van der Waals surface area contributed by atoms with Gasteiger partial charge in [-0.05, 0) is 44.3 Å². The third kappa shape index (κ3) is 2.87. The van der Waals surface area contributed by atoms with Crippen molar-refractivity contribution in [3.05, 3.63) is 23.4 Å². The molecule has 5 heteroatoms. The van der Waals surface area contributed by atoms with Crippen LogP contribution in [0.4, 0.5) is 0 Å². The van der Waals surface area contributed by atoms with Gasteiger partial charge in [-0.15, -0.1) is 21.5 Å². The summed E-state index contributed by atoms with van der Waals surface area (Å²) in [5.74, 6) is 1.39. The number of rotatable bonds is 3. The van der Waals surface area contributed by atoms with Crippen molar-refractivity contribution in [2.24, 2.45) is 0 Å². The van der Waals surface area contributed by atoms with Crippen LogP contribution < -0.4 is 0 Å². The van der Waals surface area contributed by atoms with E-state index in [1.165, 1.54) is 25.7 Å². The average molecular weight is 277 g/mol. The molecular weight excluding hydrogens is 258 g/mol. The van der Waals surface area contributed by atoms with Crippen molar-refractivity contribution >= 4 is 11.3 Å². The highest BCUT2D eigenvalue weighted by Gasteiger charge is 2.22. The van der Waals surface area contributed by atoms with Crippen molar-refractivity contribution in [2.45, 2.75) is 38.6 Å². The summed E-state index contributed by atoms with van der Waals surface area (Å²) in [5.41, 5.74) is 0. The van der Waals surface area contributed by atoms with Crippen LogP contribution in [0.25, 0.3) is 10.8 Å². The van der Waals surface area contributed by atoms with E-state index < -0.39 is 0 Å². The topological polar surface area (TPSA) is 42.2 Å². The van der Waals surface area contributed by atoms with Gasteiger partial charge in [0, 0.05) is 0 Å². The third-order valence-corrected chi connectivity index (χ3v) is 4.58. The van der Waals surface area contributed by atoms with Crippen LogP contribution in [-0.4, -0.2) is 28.2 Å². The van der Waals surface area contributed by atoms with Gasteiger partial charge in [-0.2, -0.15) is 0 Å². The Morgan fingerprint density at radius 2 is 2.00 bits per heavy atom. The van der Waals surface area contributed by atoms with E-state index in [2.05, 4.69) is 22.0 Å². The molecular formula is C14H19N3OS. The molecule has 1 aliphatic rings. The molecule has 3 heterocycles. The molecule has 0 bridgehead atoms. The average Bonchev–Trinajstić information content (AvgIpc) is 3.04. The number of nitrogens with zero attached hydrogens (tertiary/aromatic N) is 3. The van der Waals surface area contributed by atoms with Gasteiger partial charge in [0.05, 0.1) is 10.9 Å². The standard InChI is InChI=1S/C14H19N3OS/c1-11(17-8-4-2-3-5-9-17)13-15-16-14(18-13)12-7-6-10-19-12/h6-7,10-11H,2-5,8-9H2,1H3. The molecule has 1 unspecified atom stereocenters. The second kappa shape index (κ2) is 5.84. The maximum Gasteiger partial charge on any atom is 0.257 e. The largest absolute Gasteiger partial charge is 0.418 e. The molecule has 0 spiro atoms. The van der Waals surface area contributed by atoms with Crippen molar-refractivity contribution in [3.63, 3.8) is 0 Å². The van der Waals surface area contributed by atoms with Crippen LogP contribution in [0, 0.1) is 0 Å². The van der Waals surface area contributed by atoms with Crippen LogP contribution in [0.15, 0.2) is 21.9 Å². The Labute approximate surface area is 117 Å². The summed E-state index contributed by atoms with van der Waals surface area (Å²) in [7, 11) is 0. The van der Waals surface area contributed by atoms with Gasteiger partial charge in [-0.1, -0.05) is 18.9 Å². The Balaban J connectivity index is 1.74. The SMILES string of the molecule is CC(c1nnc(-c2cccs2)o1)N1CCCCCC1. The zero-order valence-electron chi connectivity index (χ0n) is 11.2. The zero-order chi connectivity index (χ0) is 13.1. The second-order valence-corrected chi connectivity index (χ2v) is 6.00.